The normalized spacial score (nSPS) is 10.8. The van der Waals surface area contributed by atoms with Crippen LogP contribution in [-0.4, -0.2) is 23.1 Å². The van der Waals surface area contributed by atoms with Crippen molar-refractivity contribution in [2.75, 3.05) is 11.9 Å². The predicted octanol–water partition coefficient (Wildman–Crippen LogP) is 4.60. The smallest absolute Gasteiger partial charge is 0.227 e. The fourth-order valence-electron chi connectivity index (χ4n) is 2.74. The van der Waals surface area contributed by atoms with Crippen LogP contribution in [0.2, 0.25) is 5.02 Å². The van der Waals surface area contributed by atoms with E-state index in [-0.39, 0.29) is 5.91 Å². The zero-order valence-electron chi connectivity index (χ0n) is 15.0. The van der Waals surface area contributed by atoms with Crippen LogP contribution in [-0.2, 0) is 11.2 Å². The van der Waals surface area contributed by atoms with E-state index in [2.05, 4.69) is 16.2 Å². The second kappa shape index (κ2) is 7.70. The van der Waals surface area contributed by atoms with Crippen LogP contribution in [0.5, 0.6) is 0 Å². The number of amides is 1. The molecule has 0 aliphatic heterocycles. The van der Waals surface area contributed by atoms with Crippen LogP contribution < -0.4 is 4.90 Å². The van der Waals surface area contributed by atoms with Crippen molar-refractivity contribution < 1.29 is 9.32 Å². The van der Waals surface area contributed by atoms with Crippen LogP contribution in [0.1, 0.15) is 23.4 Å². The Bertz CT molecular complexity index is 899. The summed E-state index contributed by atoms with van der Waals surface area (Å²) in [6, 6.07) is 13.3. The Hall–Kier alpha value is -2.66. The fourth-order valence-corrected chi connectivity index (χ4v) is 2.87. The van der Waals surface area contributed by atoms with Crippen LogP contribution in [0, 0.1) is 13.8 Å². The van der Waals surface area contributed by atoms with E-state index in [9.17, 15) is 4.79 Å². The van der Waals surface area contributed by atoms with Crippen LogP contribution in [0.3, 0.4) is 0 Å². The van der Waals surface area contributed by atoms with Gasteiger partial charge in [0.2, 0.25) is 17.6 Å². The van der Waals surface area contributed by atoms with Gasteiger partial charge in [0.05, 0.1) is 0 Å². The second-order valence-corrected chi connectivity index (χ2v) is 6.75. The summed E-state index contributed by atoms with van der Waals surface area (Å²) < 4.78 is 5.26. The summed E-state index contributed by atoms with van der Waals surface area (Å²) in [5.41, 5.74) is 3.97. The third kappa shape index (κ3) is 4.29. The summed E-state index contributed by atoms with van der Waals surface area (Å²) in [5, 5.41) is 4.62. The topological polar surface area (TPSA) is 59.2 Å². The van der Waals surface area contributed by atoms with Crippen LogP contribution >= 0.6 is 11.6 Å². The van der Waals surface area contributed by atoms with Crippen molar-refractivity contribution in [2.24, 2.45) is 0 Å². The highest BCUT2D eigenvalue weighted by molar-refractivity contribution is 6.30. The molecule has 0 bridgehead atoms. The number of benzene rings is 2. The van der Waals surface area contributed by atoms with Crippen molar-refractivity contribution in [3.8, 4) is 11.4 Å². The van der Waals surface area contributed by atoms with Gasteiger partial charge in [0.25, 0.3) is 0 Å². The van der Waals surface area contributed by atoms with Gasteiger partial charge in [0, 0.05) is 36.2 Å². The molecule has 0 fully saturated rings. The molecule has 0 saturated heterocycles. The molecule has 6 heteroatoms. The molecule has 5 nitrogen and oxygen atoms in total. The van der Waals surface area contributed by atoms with Crippen molar-refractivity contribution >= 4 is 23.2 Å². The van der Waals surface area contributed by atoms with E-state index in [0.29, 0.717) is 29.6 Å². The molecule has 0 atom stereocenters. The molecule has 0 spiro atoms. The standard InChI is InChI=1S/C20H20ClN3O2/c1-13-10-14(2)12-17(11-13)24(3)19(25)9-8-18-22-20(23-26-18)15-4-6-16(21)7-5-15/h4-7,10-12H,8-9H2,1-3H3. The largest absolute Gasteiger partial charge is 0.339 e. The number of anilines is 1. The summed E-state index contributed by atoms with van der Waals surface area (Å²) in [7, 11) is 1.78. The van der Waals surface area contributed by atoms with Gasteiger partial charge in [0.1, 0.15) is 0 Å². The van der Waals surface area contributed by atoms with E-state index >= 15 is 0 Å². The lowest BCUT2D eigenvalue weighted by molar-refractivity contribution is -0.118. The number of hydrogen-bond donors (Lipinski definition) is 0. The monoisotopic (exact) mass is 369 g/mol. The highest BCUT2D eigenvalue weighted by atomic mass is 35.5. The predicted molar refractivity (Wildman–Crippen MR) is 102 cm³/mol. The molecule has 3 rings (SSSR count). The molecule has 0 aliphatic rings. The van der Waals surface area contributed by atoms with Crippen molar-refractivity contribution in [3.05, 3.63) is 64.5 Å². The zero-order valence-corrected chi connectivity index (χ0v) is 15.7. The number of halogens is 1. The SMILES string of the molecule is Cc1cc(C)cc(N(C)C(=O)CCc2nc(-c3ccc(Cl)cc3)no2)c1. The van der Waals surface area contributed by atoms with Gasteiger partial charge in [-0.2, -0.15) is 4.98 Å². The van der Waals surface area contributed by atoms with Gasteiger partial charge in [-0.1, -0.05) is 22.8 Å². The third-order valence-electron chi connectivity index (χ3n) is 4.09. The number of aryl methyl sites for hydroxylation is 3. The molecular formula is C20H20ClN3O2. The summed E-state index contributed by atoms with van der Waals surface area (Å²) in [4.78, 5) is 18.5. The van der Waals surface area contributed by atoms with E-state index in [1.54, 1.807) is 24.1 Å². The minimum absolute atomic E-state index is 0.00115. The number of hydrogen-bond acceptors (Lipinski definition) is 4. The molecule has 134 valence electrons. The highest BCUT2D eigenvalue weighted by Crippen LogP contribution is 2.20. The molecule has 0 saturated carbocycles. The van der Waals surface area contributed by atoms with Gasteiger partial charge in [-0.3, -0.25) is 4.79 Å². The first-order valence-electron chi connectivity index (χ1n) is 8.36. The fraction of sp³-hybridized carbons (Fsp3) is 0.250. The minimum atomic E-state index is 0.00115. The van der Waals surface area contributed by atoms with Crippen molar-refractivity contribution in [2.45, 2.75) is 26.7 Å². The van der Waals surface area contributed by atoms with Gasteiger partial charge >= 0.3 is 0 Å². The Labute approximate surface area is 157 Å². The molecule has 2 aromatic carbocycles. The molecule has 26 heavy (non-hydrogen) atoms. The van der Waals surface area contributed by atoms with Gasteiger partial charge in [0.15, 0.2) is 0 Å². The van der Waals surface area contributed by atoms with Crippen LogP contribution in [0.4, 0.5) is 5.69 Å². The van der Waals surface area contributed by atoms with Crippen molar-refractivity contribution in [1.82, 2.24) is 10.1 Å². The Morgan fingerprint density at radius 1 is 1.12 bits per heavy atom. The Kier molecular flexibility index (Phi) is 5.38. The zero-order chi connectivity index (χ0) is 18.7. The summed E-state index contributed by atoms with van der Waals surface area (Å²) in [5.74, 6) is 0.935. The lowest BCUT2D eigenvalue weighted by Crippen LogP contribution is -2.26. The van der Waals surface area contributed by atoms with Gasteiger partial charge in [-0.15, -0.1) is 0 Å². The molecule has 1 aromatic heterocycles. The van der Waals surface area contributed by atoms with Crippen molar-refractivity contribution in [1.29, 1.82) is 0 Å². The van der Waals surface area contributed by atoms with Gasteiger partial charge < -0.3 is 9.42 Å². The number of carbonyl (C=O) groups is 1. The van der Waals surface area contributed by atoms with E-state index in [0.717, 1.165) is 22.4 Å². The number of carbonyl (C=O) groups excluding carboxylic acids is 1. The van der Waals surface area contributed by atoms with Crippen LogP contribution in [0.25, 0.3) is 11.4 Å². The molecule has 3 aromatic rings. The van der Waals surface area contributed by atoms with Crippen molar-refractivity contribution in [3.63, 3.8) is 0 Å². The van der Waals surface area contributed by atoms with Gasteiger partial charge in [-0.25, -0.2) is 0 Å². The maximum atomic E-state index is 12.5. The maximum absolute atomic E-state index is 12.5. The number of nitrogens with zero attached hydrogens (tertiary/aromatic N) is 3. The Balaban J connectivity index is 1.63. The summed E-state index contributed by atoms with van der Waals surface area (Å²) in [6.07, 6.45) is 0.695. The number of aromatic nitrogens is 2. The van der Waals surface area contributed by atoms with Crippen LogP contribution in [0.15, 0.2) is 47.0 Å². The first-order valence-corrected chi connectivity index (χ1v) is 8.73. The molecule has 0 N–H and O–H groups in total. The Morgan fingerprint density at radius 3 is 2.42 bits per heavy atom. The highest BCUT2D eigenvalue weighted by Gasteiger charge is 2.15. The maximum Gasteiger partial charge on any atom is 0.227 e. The average Bonchev–Trinajstić information content (AvgIpc) is 3.07. The molecule has 0 radical (unpaired) electrons. The molecular weight excluding hydrogens is 350 g/mol. The molecule has 1 heterocycles. The second-order valence-electron chi connectivity index (χ2n) is 6.32. The van der Waals surface area contributed by atoms with E-state index in [1.165, 1.54) is 0 Å². The van der Waals surface area contributed by atoms with Gasteiger partial charge in [-0.05, 0) is 61.4 Å². The quantitative estimate of drug-likeness (QED) is 0.659. The first-order chi connectivity index (χ1) is 12.4. The van der Waals surface area contributed by atoms with E-state index in [1.807, 2.05) is 38.1 Å². The van der Waals surface area contributed by atoms with E-state index < -0.39 is 0 Å². The molecule has 1 amide bonds. The molecule has 0 unspecified atom stereocenters. The summed E-state index contributed by atoms with van der Waals surface area (Å²) >= 11 is 5.88. The average molecular weight is 370 g/mol. The first kappa shape index (κ1) is 18.1. The minimum Gasteiger partial charge on any atom is -0.339 e. The molecule has 0 aliphatic carbocycles. The lowest BCUT2D eigenvalue weighted by Gasteiger charge is -2.18. The third-order valence-corrected chi connectivity index (χ3v) is 4.34. The number of rotatable bonds is 5. The summed E-state index contributed by atoms with van der Waals surface area (Å²) in [6.45, 7) is 4.04. The van der Waals surface area contributed by atoms with E-state index in [4.69, 9.17) is 16.1 Å². The Morgan fingerprint density at radius 2 is 1.77 bits per heavy atom. The lowest BCUT2D eigenvalue weighted by atomic mass is 10.1.